The van der Waals surface area contributed by atoms with Crippen molar-refractivity contribution in [2.24, 2.45) is 0 Å². The first-order valence-electron chi connectivity index (χ1n) is 6.91. The zero-order valence-electron chi connectivity index (χ0n) is 12.1. The first kappa shape index (κ1) is 14.4. The van der Waals surface area contributed by atoms with E-state index < -0.39 is 0 Å². The molecule has 1 aromatic carbocycles. The van der Waals surface area contributed by atoms with Crippen molar-refractivity contribution >= 4 is 17.2 Å². The Morgan fingerprint density at radius 1 is 1.18 bits per heavy atom. The minimum absolute atomic E-state index is 0.185. The number of thiophene rings is 1. The lowest BCUT2D eigenvalue weighted by Crippen LogP contribution is -2.29. The number of rotatable bonds is 4. The number of benzene rings is 1. The maximum atomic E-state index is 12.4. The number of hydrogen-bond acceptors (Lipinski definition) is 4. The van der Waals surface area contributed by atoms with Crippen molar-refractivity contribution in [3.05, 3.63) is 82.1 Å². The molecule has 0 aliphatic rings. The van der Waals surface area contributed by atoms with Gasteiger partial charge in [-0.3, -0.25) is 9.78 Å². The molecule has 3 rings (SSSR count). The molecule has 22 heavy (non-hydrogen) atoms. The van der Waals surface area contributed by atoms with Crippen molar-refractivity contribution in [3.63, 3.8) is 0 Å². The van der Waals surface area contributed by atoms with Crippen LogP contribution in [0.3, 0.4) is 0 Å². The van der Waals surface area contributed by atoms with Gasteiger partial charge in [0.05, 0.1) is 12.2 Å². The van der Waals surface area contributed by atoms with Gasteiger partial charge in [0.1, 0.15) is 5.69 Å². The molecule has 2 heterocycles. The van der Waals surface area contributed by atoms with Crippen molar-refractivity contribution in [1.29, 1.82) is 0 Å². The largest absolute Gasteiger partial charge is 0.339 e. The fourth-order valence-corrected chi connectivity index (χ4v) is 2.96. The molecule has 0 fully saturated rings. The Morgan fingerprint density at radius 2 is 2.00 bits per heavy atom. The molecule has 0 saturated heterocycles. The monoisotopic (exact) mass is 309 g/mol. The predicted molar refractivity (Wildman–Crippen MR) is 86.8 cm³/mol. The normalized spacial score (nSPS) is 11.9. The SMILES string of the molecule is Cc1ccc([C@H](NC(=O)c2cnccn2)c2cccs2)cc1. The van der Waals surface area contributed by atoms with E-state index in [0.717, 1.165) is 10.4 Å². The Morgan fingerprint density at radius 3 is 2.64 bits per heavy atom. The van der Waals surface area contributed by atoms with Gasteiger partial charge < -0.3 is 5.32 Å². The molecular weight excluding hydrogens is 294 g/mol. The topological polar surface area (TPSA) is 54.9 Å². The summed E-state index contributed by atoms with van der Waals surface area (Å²) in [5.74, 6) is -0.230. The van der Waals surface area contributed by atoms with Gasteiger partial charge in [-0.1, -0.05) is 35.9 Å². The van der Waals surface area contributed by atoms with Crippen LogP contribution in [0.25, 0.3) is 0 Å². The summed E-state index contributed by atoms with van der Waals surface area (Å²) >= 11 is 1.62. The highest BCUT2D eigenvalue weighted by Crippen LogP contribution is 2.26. The maximum Gasteiger partial charge on any atom is 0.272 e. The summed E-state index contributed by atoms with van der Waals surface area (Å²) in [5, 5.41) is 5.05. The molecule has 0 unspecified atom stereocenters. The van der Waals surface area contributed by atoms with Crippen molar-refractivity contribution in [3.8, 4) is 0 Å². The third-order valence-electron chi connectivity index (χ3n) is 3.31. The van der Waals surface area contributed by atoms with E-state index in [4.69, 9.17) is 0 Å². The van der Waals surface area contributed by atoms with Crippen LogP contribution < -0.4 is 5.32 Å². The second-order valence-electron chi connectivity index (χ2n) is 4.92. The van der Waals surface area contributed by atoms with Crippen LogP contribution in [0.2, 0.25) is 0 Å². The van der Waals surface area contributed by atoms with Crippen molar-refractivity contribution in [2.75, 3.05) is 0 Å². The van der Waals surface area contributed by atoms with Gasteiger partial charge in [0.15, 0.2) is 0 Å². The minimum Gasteiger partial charge on any atom is -0.339 e. The molecule has 0 aliphatic carbocycles. The van der Waals surface area contributed by atoms with Crippen molar-refractivity contribution in [1.82, 2.24) is 15.3 Å². The Balaban J connectivity index is 1.90. The molecule has 0 radical (unpaired) electrons. The Kier molecular flexibility index (Phi) is 4.25. The maximum absolute atomic E-state index is 12.4. The Bertz CT molecular complexity index is 739. The summed E-state index contributed by atoms with van der Waals surface area (Å²) in [4.78, 5) is 21.5. The smallest absolute Gasteiger partial charge is 0.272 e. The molecule has 1 amide bonds. The highest BCUT2D eigenvalue weighted by atomic mass is 32.1. The zero-order chi connectivity index (χ0) is 15.4. The minimum atomic E-state index is -0.230. The second-order valence-corrected chi connectivity index (χ2v) is 5.90. The van der Waals surface area contributed by atoms with E-state index >= 15 is 0 Å². The van der Waals surface area contributed by atoms with Gasteiger partial charge in [0.25, 0.3) is 5.91 Å². The van der Waals surface area contributed by atoms with Crippen LogP contribution >= 0.6 is 11.3 Å². The lowest BCUT2D eigenvalue weighted by Gasteiger charge is -2.18. The zero-order valence-corrected chi connectivity index (χ0v) is 12.9. The molecule has 0 spiro atoms. The molecule has 4 nitrogen and oxygen atoms in total. The Hall–Kier alpha value is -2.53. The number of aromatic nitrogens is 2. The number of nitrogens with zero attached hydrogens (tertiary/aromatic N) is 2. The lowest BCUT2D eigenvalue weighted by atomic mass is 10.0. The van der Waals surface area contributed by atoms with Gasteiger partial charge in [0.2, 0.25) is 0 Å². The van der Waals surface area contributed by atoms with Gasteiger partial charge in [-0.2, -0.15) is 0 Å². The van der Waals surface area contributed by atoms with Gasteiger partial charge in [-0.05, 0) is 23.9 Å². The van der Waals surface area contributed by atoms with Gasteiger partial charge in [0, 0.05) is 17.3 Å². The van der Waals surface area contributed by atoms with Crippen LogP contribution in [0.1, 0.15) is 32.5 Å². The van der Waals surface area contributed by atoms with E-state index in [0.29, 0.717) is 5.69 Å². The fraction of sp³-hybridized carbons (Fsp3) is 0.118. The van der Waals surface area contributed by atoms with Crippen LogP contribution in [0, 0.1) is 6.92 Å². The summed E-state index contributed by atoms with van der Waals surface area (Å²) < 4.78 is 0. The highest BCUT2D eigenvalue weighted by Gasteiger charge is 2.19. The van der Waals surface area contributed by atoms with E-state index in [1.165, 1.54) is 18.0 Å². The predicted octanol–water partition coefficient (Wildman–Crippen LogP) is 3.37. The molecule has 3 aromatic rings. The van der Waals surface area contributed by atoms with E-state index in [9.17, 15) is 4.79 Å². The Labute approximate surface area is 132 Å². The summed E-state index contributed by atoms with van der Waals surface area (Å²) in [6.07, 6.45) is 4.53. The van der Waals surface area contributed by atoms with Crippen LogP contribution in [-0.2, 0) is 0 Å². The second kappa shape index (κ2) is 6.49. The van der Waals surface area contributed by atoms with Crippen LogP contribution in [0.15, 0.2) is 60.4 Å². The fourth-order valence-electron chi connectivity index (χ4n) is 2.15. The van der Waals surface area contributed by atoms with Crippen molar-refractivity contribution < 1.29 is 4.79 Å². The van der Waals surface area contributed by atoms with Crippen LogP contribution in [0.4, 0.5) is 0 Å². The standard InChI is InChI=1S/C17H15N3OS/c1-12-4-6-13(7-5-12)16(15-3-2-10-22-15)20-17(21)14-11-18-8-9-19-14/h2-11,16H,1H3,(H,20,21)/t16-/m0/s1. The lowest BCUT2D eigenvalue weighted by molar-refractivity contribution is 0.0938. The molecule has 1 atom stereocenters. The van der Waals surface area contributed by atoms with Crippen LogP contribution in [-0.4, -0.2) is 15.9 Å². The number of carbonyl (C=O) groups excluding carboxylic acids is 1. The van der Waals surface area contributed by atoms with Gasteiger partial charge in [-0.15, -0.1) is 11.3 Å². The molecule has 0 aliphatic heterocycles. The average Bonchev–Trinajstić information content (AvgIpc) is 3.08. The molecule has 0 bridgehead atoms. The molecule has 5 heteroatoms. The van der Waals surface area contributed by atoms with Gasteiger partial charge in [-0.25, -0.2) is 4.98 Å². The summed E-state index contributed by atoms with van der Waals surface area (Å²) in [7, 11) is 0. The van der Waals surface area contributed by atoms with Gasteiger partial charge >= 0.3 is 0 Å². The third-order valence-corrected chi connectivity index (χ3v) is 4.25. The number of hydrogen-bond donors (Lipinski definition) is 1. The number of carbonyl (C=O) groups is 1. The number of aryl methyl sites for hydroxylation is 1. The summed E-state index contributed by atoms with van der Waals surface area (Å²) in [6, 6.07) is 12.0. The molecule has 2 aromatic heterocycles. The summed E-state index contributed by atoms with van der Waals surface area (Å²) in [5.41, 5.74) is 2.55. The van der Waals surface area contributed by atoms with Crippen LogP contribution in [0.5, 0.6) is 0 Å². The molecule has 110 valence electrons. The van der Waals surface area contributed by atoms with E-state index in [-0.39, 0.29) is 11.9 Å². The van der Waals surface area contributed by atoms with Crippen molar-refractivity contribution in [2.45, 2.75) is 13.0 Å². The first-order valence-corrected chi connectivity index (χ1v) is 7.79. The average molecular weight is 309 g/mol. The summed E-state index contributed by atoms with van der Waals surface area (Å²) in [6.45, 7) is 2.04. The number of nitrogens with one attached hydrogen (secondary N) is 1. The van der Waals surface area contributed by atoms with E-state index in [2.05, 4.69) is 15.3 Å². The first-order chi connectivity index (χ1) is 10.7. The molecular formula is C17H15N3OS. The van der Waals surface area contributed by atoms with E-state index in [1.54, 1.807) is 17.5 Å². The molecule has 1 N–H and O–H groups in total. The van der Waals surface area contributed by atoms with E-state index in [1.807, 2.05) is 48.7 Å². The number of amides is 1. The quantitative estimate of drug-likeness (QED) is 0.804. The highest BCUT2D eigenvalue weighted by molar-refractivity contribution is 7.10. The third kappa shape index (κ3) is 3.20. The molecule has 0 saturated carbocycles.